The van der Waals surface area contributed by atoms with E-state index in [1.165, 1.54) is 18.2 Å². The minimum atomic E-state index is -0.592. The van der Waals surface area contributed by atoms with Crippen LogP contribution in [0.3, 0.4) is 0 Å². The Labute approximate surface area is 157 Å². The van der Waals surface area contributed by atoms with E-state index >= 15 is 0 Å². The third-order valence-corrected chi connectivity index (χ3v) is 4.86. The first-order valence-corrected chi connectivity index (χ1v) is 8.67. The molecular weight excluding hydrogens is 404 g/mol. The van der Waals surface area contributed by atoms with Crippen molar-refractivity contribution < 1.29 is 19.2 Å². The van der Waals surface area contributed by atoms with Crippen molar-refractivity contribution in [1.82, 2.24) is 0 Å². The van der Waals surface area contributed by atoms with Gasteiger partial charge in [-0.2, -0.15) is 0 Å². The van der Waals surface area contributed by atoms with Crippen molar-refractivity contribution >= 4 is 39.2 Å². The molecule has 0 N–H and O–H groups in total. The normalized spacial score (nSPS) is 16.6. The number of halogens is 1. The van der Waals surface area contributed by atoms with Crippen LogP contribution in [0.4, 0.5) is 11.4 Å². The van der Waals surface area contributed by atoms with Gasteiger partial charge in [-0.3, -0.25) is 19.7 Å². The largest absolute Gasteiger partial charge is 0.426 e. The highest BCUT2D eigenvalue weighted by Gasteiger charge is 2.37. The molecule has 0 saturated carbocycles. The number of esters is 1. The van der Waals surface area contributed by atoms with Crippen LogP contribution in [0.2, 0.25) is 0 Å². The van der Waals surface area contributed by atoms with Gasteiger partial charge in [0.1, 0.15) is 5.75 Å². The molecule has 1 unspecified atom stereocenters. The highest BCUT2D eigenvalue weighted by molar-refractivity contribution is 9.10. The topological polar surface area (TPSA) is 89.8 Å². The molecule has 3 rings (SSSR count). The smallest absolute Gasteiger partial charge is 0.316 e. The van der Waals surface area contributed by atoms with Gasteiger partial charge in [0.15, 0.2) is 0 Å². The Kier molecular flexibility index (Phi) is 5.03. The summed E-state index contributed by atoms with van der Waals surface area (Å²) >= 11 is 3.41. The second-order valence-electron chi connectivity index (χ2n) is 5.98. The van der Waals surface area contributed by atoms with E-state index in [-0.39, 0.29) is 30.3 Å². The molecule has 7 nitrogen and oxygen atoms in total. The number of para-hydroxylation sites is 1. The number of nitro benzene ring substituents is 1. The number of ether oxygens (including phenoxy) is 1. The lowest BCUT2D eigenvalue weighted by molar-refractivity contribution is -0.385. The summed E-state index contributed by atoms with van der Waals surface area (Å²) < 4.78 is 6.10. The summed E-state index contributed by atoms with van der Waals surface area (Å²) in [6.45, 7) is 1.80. The van der Waals surface area contributed by atoms with Crippen molar-refractivity contribution in [3.8, 4) is 5.75 Å². The number of rotatable bonds is 4. The van der Waals surface area contributed by atoms with Crippen molar-refractivity contribution in [1.29, 1.82) is 0 Å². The van der Waals surface area contributed by atoms with Crippen LogP contribution in [0.25, 0.3) is 0 Å². The van der Waals surface area contributed by atoms with E-state index in [0.717, 1.165) is 4.47 Å². The van der Waals surface area contributed by atoms with Gasteiger partial charge in [-0.15, -0.1) is 0 Å². The van der Waals surface area contributed by atoms with Crippen LogP contribution in [-0.2, 0) is 9.59 Å². The number of nitrogens with zero attached hydrogens (tertiary/aromatic N) is 2. The Morgan fingerprint density at radius 2 is 2.04 bits per heavy atom. The van der Waals surface area contributed by atoms with Crippen LogP contribution in [0.5, 0.6) is 5.75 Å². The van der Waals surface area contributed by atoms with Gasteiger partial charge in [0.2, 0.25) is 5.91 Å². The lowest BCUT2D eigenvalue weighted by Crippen LogP contribution is -2.27. The molecule has 0 spiro atoms. The van der Waals surface area contributed by atoms with E-state index in [0.29, 0.717) is 11.3 Å². The summed E-state index contributed by atoms with van der Waals surface area (Å²) in [6.07, 6.45) is 0.0616. The van der Waals surface area contributed by atoms with Crippen molar-refractivity contribution in [2.75, 3.05) is 11.4 Å². The third kappa shape index (κ3) is 3.60. The first-order chi connectivity index (χ1) is 12.4. The molecule has 1 fully saturated rings. The van der Waals surface area contributed by atoms with Crippen LogP contribution in [-0.4, -0.2) is 23.3 Å². The molecule has 0 aliphatic carbocycles. The molecular formula is C18H15BrN2O5. The second-order valence-corrected chi connectivity index (χ2v) is 6.84. The number of carbonyl (C=O) groups is 2. The number of benzene rings is 2. The number of anilines is 1. The predicted molar refractivity (Wildman–Crippen MR) is 98.1 cm³/mol. The Morgan fingerprint density at radius 1 is 1.31 bits per heavy atom. The van der Waals surface area contributed by atoms with E-state index in [2.05, 4.69) is 15.9 Å². The fraction of sp³-hybridized carbons (Fsp3) is 0.222. The van der Waals surface area contributed by atoms with E-state index in [1.54, 1.807) is 17.9 Å². The van der Waals surface area contributed by atoms with Gasteiger partial charge in [0.05, 0.1) is 16.5 Å². The zero-order chi connectivity index (χ0) is 18.8. The maximum atomic E-state index is 12.4. The van der Waals surface area contributed by atoms with Gasteiger partial charge in [-0.1, -0.05) is 12.1 Å². The zero-order valence-electron chi connectivity index (χ0n) is 13.8. The highest BCUT2D eigenvalue weighted by Crippen LogP contribution is 2.32. The van der Waals surface area contributed by atoms with E-state index in [9.17, 15) is 19.7 Å². The number of hydrogen-bond donors (Lipinski definition) is 0. The maximum absolute atomic E-state index is 12.4. The summed E-state index contributed by atoms with van der Waals surface area (Å²) in [6, 6.07) is 11.4. The molecule has 2 aromatic carbocycles. The van der Waals surface area contributed by atoms with Crippen molar-refractivity contribution in [3.05, 3.63) is 62.6 Å². The molecule has 2 aromatic rings. The average molecular weight is 419 g/mol. The maximum Gasteiger partial charge on any atom is 0.316 e. The predicted octanol–water partition coefficient (Wildman–Crippen LogP) is 3.62. The standard InChI is InChI=1S/C18H15BrN2O5/c1-11-8-13(6-7-15(11)21(24)25)26-18(23)12-9-17(22)20(10-12)16-5-3-2-4-14(16)19/h2-8,12H,9-10H2,1H3. The van der Waals surface area contributed by atoms with Crippen LogP contribution in [0.15, 0.2) is 46.9 Å². The van der Waals surface area contributed by atoms with Crippen molar-refractivity contribution in [3.63, 3.8) is 0 Å². The number of carbonyl (C=O) groups excluding carboxylic acids is 2. The van der Waals surface area contributed by atoms with Crippen molar-refractivity contribution in [2.45, 2.75) is 13.3 Å². The van der Waals surface area contributed by atoms with E-state index in [1.807, 2.05) is 18.2 Å². The van der Waals surface area contributed by atoms with Crippen LogP contribution >= 0.6 is 15.9 Å². The van der Waals surface area contributed by atoms with Gasteiger partial charge in [0, 0.05) is 29.1 Å². The Balaban J connectivity index is 1.72. The first kappa shape index (κ1) is 18.1. The lowest BCUT2D eigenvalue weighted by Gasteiger charge is -2.18. The van der Waals surface area contributed by atoms with E-state index < -0.39 is 16.8 Å². The molecule has 8 heteroatoms. The van der Waals surface area contributed by atoms with Gasteiger partial charge in [-0.05, 0) is 47.1 Å². The van der Waals surface area contributed by atoms with Gasteiger partial charge < -0.3 is 9.64 Å². The molecule has 134 valence electrons. The molecule has 1 saturated heterocycles. The van der Waals surface area contributed by atoms with Crippen LogP contribution < -0.4 is 9.64 Å². The third-order valence-electron chi connectivity index (χ3n) is 4.19. The molecule has 1 heterocycles. The molecule has 0 aromatic heterocycles. The summed E-state index contributed by atoms with van der Waals surface area (Å²) in [7, 11) is 0. The molecule has 1 aliphatic heterocycles. The summed E-state index contributed by atoms with van der Waals surface area (Å²) in [5.41, 5.74) is 1.07. The molecule has 26 heavy (non-hydrogen) atoms. The van der Waals surface area contributed by atoms with Crippen LogP contribution in [0.1, 0.15) is 12.0 Å². The molecule has 1 aliphatic rings. The monoisotopic (exact) mass is 418 g/mol. The molecule has 1 amide bonds. The molecule has 1 atom stereocenters. The minimum absolute atomic E-state index is 0.0408. The van der Waals surface area contributed by atoms with Crippen LogP contribution in [0, 0.1) is 23.0 Å². The highest BCUT2D eigenvalue weighted by atomic mass is 79.9. The lowest BCUT2D eigenvalue weighted by atomic mass is 10.1. The fourth-order valence-corrected chi connectivity index (χ4v) is 3.36. The minimum Gasteiger partial charge on any atom is -0.426 e. The quantitative estimate of drug-likeness (QED) is 0.327. The number of amides is 1. The number of nitro groups is 1. The fourth-order valence-electron chi connectivity index (χ4n) is 2.86. The molecule has 0 radical (unpaired) electrons. The number of aryl methyl sites for hydroxylation is 1. The summed E-state index contributed by atoms with van der Waals surface area (Å²) in [5, 5.41) is 10.8. The summed E-state index contributed by atoms with van der Waals surface area (Å²) in [4.78, 5) is 36.6. The Bertz CT molecular complexity index is 899. The van der Waals surface area contributed by atoms with Crippen molar-refractivity contribution in [2.24, 2.45) is 5.92 Å². The SMILES string of the molecule is Cc1cc(OC(=O)C2CC(=O)N(c3ccccc3Br)C2)ccc1[N+](=O)[O-]. The van der Waals surface area contributed by atoms with E-state index in [4.69, 9.17) is 4.74 Å². The summed E-state index contributed by atoms with van der Waals surface area (Å²) in [5.74, 6) is -1.05. The first-order valence-electron chi connectivity index (χ1n) is 7.88. The van der Waals surface area contributed by atoms with Gasteiger partial charge >= 0.3 is 5.97 Å². The average Bonchev–Trinajstić information content (AvgIpc) is 2.97. The van der Waals surface area contributed by atoms with Gasteiger partial charge in [0.25, 0.3) is 5.69 Å². The Hall–Kier alpha value is -2.74. The molecule has 0 bridgehead atoms. The number of hydrogen-bond acceptors (Lipinski definition) is 5. The zero-order valence-corrected chi connectivity index (χ0v) is 15.4. The van der Waals surface area contributed by atoms with Gasteiger partial charge in [-0.25, -0.2) is 0 Å². The second kappa shape index (κ2) is 7.25. The Morgan fingerprint density at radius 3 is 2.69 bits per heavy atom.